The molecule has 0 spiro atoms. The minimum Gasteiger partial charge on any atom is -0.378 e. The molecule has 1 saturated carbocycles. The topological polar surface area (TPSA) is 21.3 Å². The average molecular weight is 255 g/mol. The Labute approximate surface area is 114 Å². The van der Waals surface area contributed by atoms with E-state index >= 15 is 0 Å². The summed E-state index contributed by atoms with van der Waals surface area (Å²) in [5, 5.41) is 3.60. The number of nitrogens with one attached hydrogen (secondary N) is 1. The van der Waals surface area contributed by atoms with Crippen molar-refractivity contribution in [2.24, 2.45) is 0 Å². The van der Waals surface area contributed by atoms with Crippen molar-refractivity contribution < 1.29 is 4.74 Å². The molecule has 0 aliphatic heterocycles. The average Bonchev–Trinajstić information content (AvgIpc) is 2.40. The first-order chi connectivity index (χ1) is 8.83. The monoisotopic (exact) mass is 255 g/mol. The molecule has 0 bridgehead atoms. The minimum atomic E-state index is 0.570. The Morgan fingerprint density at radius 1 is 1.11 bits per heavy atom. The quantitative estimate of drug-likeness (QED) is 0.588. The fourth-order valence-electron chi connectivity index (χ4n) is 2.71. The zero-order valence-electron chi connectivity index (χ0n) is 12.5. The summed E-state index contributed by atoms with van der Waals surface area (Å²) in [4.78, 5) is 0. The van der Waals surface area contributed by atoms with E-state index in [1.54, 1.807) is 0 Å². The molecule has 0 heterocycles. The van der Waals surface area contributed by atoms with Crippen LogP contribution >= 0.6 is 0 Å². The molecule has 1 aliphatic carbocycles. The number of unbranched alkanes of at least 4 members (excludes halogenated alkanes) is 2. The third-order valence-corrected chi connectivity index (χ3v) is 3.96. The molecule has 18 heavy (non-hydrogen) atoms. The Balaban J connectivity index is 1.85. The Kier molecular flexibility index (Phi) is 9.59. The molecule has 0 amide bonds. The van der Waals surface area contributed by atoms with Crippen molar-refractivity contribution >= 4 is 0 Å². The van der Waals surface area contributed by atoms with Gasteiger partial charge in [-0.05, 0) is 39.2 Å². The van der Waals surface area contributed by atoms with Crippen molar-refractivity contribution in [3.8, 4) is 0 Å². The molecular formula is C16H33NO. The van der Waals surface area contributed by atoms with Crippen LogP contribution in [0.2, 0.25) is 0 Å². The molecule has 108 valence electrons. The summed E-state index contributed by atoms with van der Waals surface area (Å²) >= 11 is 0. The van der Waals surface area contributed by atoms with Gasteiger partial charge in [0.05, 0.1) is 6.10 Å². The molecular weight excluding hydrogens is 222 g/mol. The first-order valence-corrected chi connectivity index (χ1v) is 8.18. The maximum absolute atomic E-state index is 5.92. The van der Waals surface area contributed by atoms with Crippen molar-refractivity contribution in [1.82, 2.24) is 5.32 Å². The van der Waals surface area contributed by atoms with Gasteiger partial charge in [-0.3, -0.25) is 0 Å². The Morgan fingerprint density at radius 2 is 1.89 bits per heavy atom. The lowest BCUT2D eigenvalue weighted by Crippen LogP contribution is -2.28. The molecule has 1 atom stereocenters. The summed E-state index contributed by atoms with van der Waals surface area (Å²) in [6, 6.07) is 0.672. The lowest BCUT2D eigenvalue weighted by atomic mass is 9.98. The zero-order valence-corrected chi connectivity index (χ0v) is 12.5. The van der Waals surface area contributed by atoms with Crippen LogP contribution in [-0.2, 0) is 4.74 Å². The summed E-state index contributed by atoms with van der Waals surface area (Å²) in [5.41, 5.74) is 0. The van der Waals surface area contributed by atoms with Gasteiger partial charge in [-0.15, -0.1) is 0 Å². The van der Waals surface area contributed by atoms with Gasteiger partial charge in [0.1, 0.15) is 0 Å². The van der Waals surface area contributed by atoms with Crippen LogP contribution in [0.4, 0.5) is 0 Å². The van der Waals surface area contributed by atoms with Crippen molar-refractivity contribution in [2.75, 3.05) is 13.2 Å². The second kappa shape index (κ2) is 10.8. The predicted octanol–water partition coefficient (Wildman–Crippen LogP) is 4.28. The van der Waals surface area contributed by atoms with Gasteiger partial charge in [-0.25, -0.2) is 0 Å². The van der Waals surface area contributed by atoms with Gasteiger partial charge in [-0.2, -0.15) is 0 Å². The third kappa shape index (κ3) is 8.10. The molecule has 2 heteroatoms. The Morgan fingerprint density at radius 3 is 2.61 bits per heavy atom. The van der Waals surface area contributed by atoms with Gasteiger partial charge >= 0.3 is 0 Å². The molecule has 0 aromatic heterocycles. The highest BCUT2D eigenvalue weighted by molar-refractivity contribution is 4.65. The number of hydrogen-bond acceptors (Lipinski definition) is 2. The standard InChI is InChI=1S/C16H33NO/c1-3-4-6-10-15(2)17-13-9-14-18-16-11-7-5-8-12-16/h15-17H,3-14H2,1-2H3. The molecule has 0 radical (unpaired) electrons. The summed E-state index contributed by atoms with van der Waals surface area (Å²) in [6.07, 6.45) is 13.8. The van der Waals surface area contributed by atoms with Gasteiger partial charge in [-0.1, -0.05) is 45.4 Å². The smallest absolute Gasteiger partial charge is 0.0575 e. The lowest BCUT2D eigenvalue weighted by Gasteiger charge is -2.22. The van der Waals surface area contributed by atoms with Crippen LogP contribution in [0.3, 0.4) is 0 Å². The van der Waals surface area contributed by atoms with E-state index in [1.165, 1.54) is 57.8 Å². The van der Waals surface area contributed by atoms with Gasteiger partial charge in [0.2, 0.25) is 0 Å². The first kappa shape index (κ1) is 16.0. The van der Waals surface area contributed by atoms with E-state index < -0.39 is 0 Å². The Hall–Kier alpha value is -0.0800. The first-order valence-electron chi connectivity index (χ1n) is 8.18. The van der Waals surface area contributed by atoms with Crippen LogP contribution in [0.15, 0.2) is 0 Å². The van der Waals surface area contributed by atoms with Crippen LogP contribution in [-0.4, -0.2) is 25.3 Å². The fourth-order valence-corrected chi connectivity index (χ4v) is 2.71. The second-order valence-corrected chi connectivity index (χ2v) is 5.84. The number of ether oxygens (including phenoxy) is 1. The minimum absolute atomic E-state index is 0.570. The number of rotatable bonds is 10. The van der Waals surface area contributed by atoms with Crippen LogP contribution in [0.25, 0.3) is 0 Å². The predicted molar refractivity (Wildman–Crippen MR) is 79.0 cm³/mol. The maximum Gasteiger partial charge on any atom is 0.0575 e. The number of hydrogen-bond donors (Lipinski definition) is 1. The molecule has 1 aliphatic rings. The van der Waals surface area contributed by atoms with Crippen molar-refractivity contribution in [2.45, 2.75) is 90.2 Å². The van der Waals surface area contributed by atoms with E-state index in [0.29, 0.717) is 12.1 Å². The van der Waals surface area contributed by atoms with E-state index in [1.807, 2.05) is 0 Å². The van der Waals surface area contributed by atoms with Crippen molar-refractivity contribution in [3.63, 3.8) is 0 Å². The van der Waals surface area contributed by atoms with Crippen LogP contribution in [0, 0.1) is 0 Å². The Bertz CT molecular complexity index is 178. The molecule has 0 aromatic rings. The maximum atomic E-state index is 5.92. The largest absolute Gasteiger partial charge is 0.378 e. The van der Waals surface area contributed by atoms with Gasteiger partial charge in [0, 0.05) is 12.6 Å². The van der Waals surface area contributed by atoms with Gasteiger partial charge in [0.25, 0.3) is 0 Å². The van der Waals surface area contributed by atoms with Crippen molar-refractivity contribution in [3.05, 3.63) is 0 Å². The van der Waals surface area contributed by atoms with E-state index in [4.69, 9.17) is 4.74 Å². The molecule has 0 saturated heterocycles. The highest BCUT2D eigenvalue weighted by atomic mass is 16.5. The highest BCUT2D eigenvalue weighted by Crippen LogP contribution is 2.20. The molecule has 1 N–H and O–H groups in total. The van der Waals surface area contributed by atoms with E-state index in [-0.39, 0.29) is 0 Å². The summed E-state index contributed by atoms with van der Waals surface area (Å²) < 4.78 is 5.92. The van der Waals surface area contributed by atoms with Crippen molar-refractivity contribution in [1.29, 1.82) is 0 Å². The summed E-state index contributed by atoms with van der Waals surface area (Å²) in [5.74, 6) is 0. The van der Waals surface area contributed by atoms with E-state index in [9.17, 15) is 0 Å². The second-order valence-electron chi connectivity index (χ2n) is 5.84. The highest BCUT2D eigenvalue weighted by Gasteiger charge is 2.12. The lowest BCUT2D eigenvalue weighted by molar-refractivity contribution is 0.0271. The fraction of sp³-hybridized carbons (Fsp3) is 1.00. The zero-order chi connectivity index (χ0) is 13.1. The van der Waals surface area contributed by atoms with Crippen LogP contribution in [0.1, 0.15) is 78.1 Å². The molecule has 1 rings (SSSR count). The van der Waals surface area contributed by atoms with E-state index in [0.717, 1.165) is 19.6 Å². The van der Waals surface area contributed by atoms with Crippen LogP contribution < -0.4 is 5.32 Å². The van der Waals surface area contributed by atoms with Crippen LogP contribution in [0.5, 0.6) is 0 Å². The van der Waals surface area contributed by atoms with Gasteiger partial charge in [0.15, 0.2) is 0 Å². The molecule has 2 nitrogen and oxygen atoms in total. The van der Waals surface area contributed by atoms with Gasteiger partial charge < -0.3 is 10.1 Å². The normalized spacial score (nSPS) is 19.0. The third-order valence-electron chi connectivity index (χ3n) is 3.96. The SMILES string of the molecule is CCCCCC(C)NCCCOC1CCCCC1. The summed E-state index contributed by atoms with van der Waals surface area (Å²) in [7, 11) is 0. The van der Waals surface area contributed by atoms with E-state index in [2.05, 4.69) is 19.2 Å². The molecule has 0 aromatic carbocycles. The summed E-state index contributed by atoms with van der Waals surface area (Å²) in [6.45, 7) is 6.62. The molecule has 1 fully saturated rings. The molecule has 1 unspecified atom stereocenters.